The Morgan fingerprint density at radius 1 is 0.500 bits per heavy atom. The zero-order chi connectivity index (χ0) is 22.7. The van der Waals surface area contributed by atoms with E-state index in [1.165, 1.54) is 59.0 Å². The molecule has 0 N–H and O–H groups in total. The van der Waals surface area contributed by atoms with Crippen LogP contribution in [0.1, 0.15) is 5.56 Å². The Kier molecular flexibility index (Phi) is 4.18. The summed E-state index contributed by atoms with van der Waals surface area (Å²) in [5, 5.41) is 11.3. The predicted molar refractivity (Wildman–Crippen MR) is 149 cm³/mol. The van der Waals surface area contributed by atoms with Crippen molar-refractivity contribution in [3.8, 4) is 11.1 Å². The van der Waals surface area contributed by atoms with Gasteiger partial charge in [0.15, 0.2) is 8.07 Å². The van der Waals surface area contributed by atoms with E-state index in [0.29, 0.717) is 0 Å². The van der Waals surface area contributed by atoms with Gasteiger partial charge in [0.2, 0.25) is 0 Å². The Hall–Kier alpha value is -3.94. The molecule has 1 aliphatic rings. The molecule has 0 unspecified atom stereocenters. The predicted octanol–water partition coefficient (Wildman–Crippen LogP) is 5.66. The minimum Gasteiger partial charge on any atom is -0.0623 e. The Labute approximate surface area is 201 Å². The Balaban J connectivity index is 1.76. The third-order valence-electron chi connectivity index (χ3n) is 7.57. The molecule has 34 heavy (non-hydrogen) atoms. The van der Waals surface area contributed by atoms with Crippen LogP contribution < -0.4 is 20.7 Å². The molecule has 0 saturated heterocycles. The monoisotopic (exact) mass is 448 g/mol. The Morgan fingerprint density at radius 3 is 1.88 bits per heavy atom. The van der Waals surface area contributed by atoms with E-state index in [4.69, 9.17) is 0 Å². The van der Waals surface area contributed by atoms with Crippen molar-refractivity contribution in [2.45, 2.75) is 6.92 Å². The molecule has 1 heteroatoms. The van der Waals surface area contributed by atoms with Crippen molar-refractivity contribution in [1.29, 1.82) is 0 Å². The van der Waals surface area contributed by atoms with E-state index < -0.39 is 8.07 Å². The molecule has 0 saturated carbocycles. The number of hydrogen-bond acceptors (Lipinski definition) is 0. The second kappa shape index (κ2) is 7.28. The number of fused-ring (bicyclic) bond motifs is 7. The number of aryl methyl sites for hydroxylation is 1. The molecule has 7 rings (SSSR count). The molecular formula is C33H24Si. The molecule has 0 radical (unpaired) electrons. The summed E-state index contributed by atoms with van der Waals surface area (Å²) in [6.07, 6.45) is 0. The van der Waals surface area contributed by atoms with Crippen LogP contribution in [-0.4, -0.2) is 8.07 Å². The summed E-state index contributed by atoms with van der Waals surface area (Å²) in [5.41, 5.74) is 4.14. The summed E-state index contributed by atoms with van der Waals surface area (Å²) >= 11 is 0. The van der Waals surface area contributed by atoms with Crippen molar-refractivity contribution in [2.75, 3.05) is 0 Å². The summed E-state index contributed by atoms with van der Waals surface area (Å²) < 4.78 is 0. The van der Waals surface area contributed by atoms with E-state index in [-0.39, 0.29) is 0 Å². The summed E-state index contributed by atoms with van der Waals surface area (Å²) in [6, 6.07) is 47.9. The quantitative estimate of drug-likeness (QED) is 0.299. The van der Waals surface area contributed by atoms with Crippen LogP contribution in [0.15, 0.2) is 127 Å². The molecule has 0 spiro atoms. The molecule has 6 aromatic rings. The minimum absolute atomic E-state index is 1.30. The number of benzene rings is 6. The van der Waals surface area contributed by atoms with Gasteiger partial charge in [-0.3, -0.25) is 0 Å². The molecule has 0 aromatic heterocycles. The van der Waals surface area contributed by atoms with Crippen LogP contribution in [0.5, 0.6) is 0 Å². The third-order valence-corrected chi connectivity index (χ3v) is 12.5. The molecule has 160 valence electrons. The van der Waals surface area contributed by atoms with Crippen LogP contribution >= 0.6 is 0 Å². The highest BCUT2D eigenvalue weighted by atomic mass is 28.3. The van der Waals surface area contributed by atoms with Crippen molar-refractivity contribution in [3.05, 3.63) is 133 Å². The van der Waals surface area contributed by atoms with Crippen LogP contribution in [0.4, 0.5) is 0 Å². The topological polar surface area (TPSA) is 0 Å². The molecule has 1 heterocycles. The van der Waals surface area contributed by atoms with Gasteiger partial charge in [-0.25, -0.2) is 0 Å². The van der Waals surface area contributed by atoms with Crippen LogP contribution in [0.25, 0.3) is 32.7 Å². The second-order valence-corrected chi connectivity index (χ2v) is 13.1. The lowest BCUT2D eigenvalue weighted by atomic mass is 9.95. The fraction of sp³-hybridized carbons (Fsp3) is 0.0303. The summed E-state index contributed by atoms with van der Waals surface area (Å²) in [7, 11) is -2.52. The standard InChI is InChI=1S/C33H24Si/c1-23-16-19-28-25(22-23)18-21-31-32(28)30-20-17-24-10-8-9-15-29(24)33(30)34(31,26-11-4-2-5-12-26)27-13-6-3-7-14-27/h2-22H,1H3. The van der Waals surface area contributed by atoms with Crippen molar-refractivity contribution in [3.63, 3.8) is 0 Å². The first-order valence-corrected chi connectivity index (χ1v) is 14.0. The highest BCUT2D eigenvalue weighted by Gasteiger charge is 2.49. The maximum Gasteiger partial charge on any atom is 0.181 e. The highest BCUT2D eigenvalue weighted by molar-refractivity contribution is 7.23. The van der Waals surface area contributed by atoms with Gasteiger partial charge in [-0.15, -0.1) is 0 Å². The first-order valence-electron chi connectivity index (χ1n) is 12.0. The largest absolute Gasteiger partial charge is 0.181 e. The summed E-state index contributed by atoms with van der Waals surface area (Å²) in [5.74, 6) is 0. The van der Waals surface area contributed by atoms with Crippen LogP contribution in [0.3, 0.4) is 0 Å². The van der Waals surface area contributed by atoms with Gasteiger partial charge in [-0.2, -0.15) is 0 Å². The van der Waals surface area contributed by atoms with E-state index in [1.54, 1.807) is 0 Å². The molecule has 0 fully saturated rings. The summed E-state index contributed by atoms with van der Waals surface area (Å²) in [6.45, 7) is 2.18. The van der Waals surface area contributed by atoms with Crippen LogP contribution in [0, 0.1) is 6.92 Å². The lowest BCUT2D eigenvalue weighted by molar-refractivity contribution is 1.51. The SMILES string of the molecule is Cc1ccc2c3c(ccc2c1)[Si](c1ccccc1)(c1ccccc1)c1c-3ccc2ccccc12. The van der Waals surface area contributed by atoms with Gasteiger partial charge < -0.3 is 0 Å². The molecule has 0 bridgehead atoms. The number of rotatable bonds is 2. The van der Waals surface area contributed by atoms with E-state index >= 15 is 0 Å². The molecule has 0 nitrogen and oxygen atoms in total. The number of hydrogen-bond donors (Lipinski definition) is 0. The van der Waals surface area contributed by atoms with Gasteiger partial charge in [-0.1, -0.05) is 133 Å². The third kappa shape index (κ3) is 2.53. The van der Waals surface area contributed by atoms with Gasteiger partial charge in [0.1, 0.15) is 0 Å². The first-order chi connectivity index (χ1) is 16.8. The average Bonchev–Trinajstić information content (AvgIpc) is 3.21. The fourth-order valence-electron chi connectivity index (χ4n) is 6.21. The first kappa shape index (κ1) is 19.5. The highest BCUT2D eigenvalue weighted by Crippen LogP contribution is 2.37. The molecule has 1 aliphatic heterocycles. The Bertz CT molecular complexity index is 1660. The minimum atomic E-state index is -2.52. The summed E-state index contributed by atoms with van der Waals surface area (Å²) in [4.78, 5) is 0. The molecular weight excluding hydrogens is 424 g/mol. The average molecular weight is 449 g/mol. The van der Waals surface area contributed by atoms with Gasteiger partial charge >= 0.3 is 0 Å². The fourth-order valence-corrected chi connectivity index (χ4v) is 11.6. The zero-order valence-electron chi connectivity index (χ0n) is 19.1. The van der Waals surface area contributed by atoms with Crippen LogP contribution in [0.2, 0.25) is 0 Å². The Morgan fingerprint density at radius 2 is 1.15 bits per heavy atom. The van der Waals surface area contributed by atoms with Crippen molar-refractivity contribution in [1.82, 2.24) is 0 Å². The zero-order valence-corrected chi connectivity index (χ0v) is 20.1. The van der Waals surface area contributed by atoms with Crippen molar-refractivity contribution < 1.29 is 0 Å². The van der Waals surface area contributed by atoms with Gasteiger partial charge in [0.05, 0.1) is 0 Å². The molecule has 6 aromatic carbocycles. The van der Waals surface area contributed by atoms with E-state index in [1.807, 2.05) is 0 Å². The molecule has 0 amide bonds. The van der Waals surface area contributed by atoms with Crippen molar-refractivity contribution in [2.24, 2.45) is 0 Å². The van der Waals surface area contributed by atoms with Crippen molar-refractivity contribution >= 4 is 50.4 Å². The van der Waals surface area contributed by atoms with Gasteiger partial charge in [0, 0.05) is 0 Å². The molecule has 0 aliphatic carbocycles. The van der Waals surface area contributed by atoms with Gasteiger partial charge in [0.25, 0.3) is 0 Å². The lowest BCUT2D eigenvalue weighted by Crippen LogP contribution is -2.73. The van der Waals surface area contributed by atoms with E-state index in [9.17, 15) is 0 Å². The maximum absolute atomic E-state index is 2.52. The second-order valence-electron chi connectivity index (χ2n) is 9.40. The molecule has 0 atom stereocenters. The lowest BCUT2D eigenvalue weighted by Gasteiger charge is -2.32. The van der Waals surface area contributed by atoms with E-state index in [2.05, 4.69) is 134 Å². The maximum atomic E-state index is 2.44. The smallest absolute Gasteiger partial charge is 0.0623 e. The van der Waals surface area contributed by atoms with E-state index in [0.717, 1.165) is 0 Å². The normalized spacial score (nSPS) is 13.7. The van der Waals surface area contributed by atoms with Crippen LogP contribution in [-0.2, 0) is 0 Å². The van der Waals surface area contributed by atoms with Gasteiger partial charge in [-0.05, 0) is 60.3 Å².